The van der Waals surface area contributed by atoms with E-state index in [4.69, 9.17) is 10.5 Å². The number of hydrogen-bond acceptors (Lipinski definition) is 3. The van der Waals surface area contributed by atoms with Crippen LogP contribution in [-0.2, 0) is 0 Å². The third-order valence-electron chi connectivity index (χ3n) is 3.45. The Hall–Kier alpha value is -1.45. The van der Waals surface area contributed by atoms with Crippen LogP contribution in [0.2, 0.25) is 0 Å². The second-order valence-corrected chi connectivity index (χ2v) is 4.87. The van der Waals surface area contributed by atoms with Crippen LogP contribution in [0.5, 0.6) is 5.75 Å². The van der Waals surface area contributed by atoms with Crippen LogP contribution in [-0.4, -0.2) is 13.7 Å². The molecule has 0 aromatic heterocycles. The summed E-state index contributed by atoms with van der Waals surface area (Å²) in [6.07, 6.45) is 4.79. The number of benzene rings is 1. The largest absolute Gasteiger partial charge is 0.494 e. The number of halogens is 1. The lowest BCUT2D eigenvalue weighted by atomic mass is 9.99. The smallest absolute Gasteiger partial charge is 0.167 e. The van der Waals surface area contributed by atoms with E-state index in [2.05, 4.69) is 19.2 Å². The molecule has 0 saturated carbocycles. The van der Waals surface area contributed by atoms with Crippen LogP contribution in [0.4, 0.5) is 15.8 Å². The molecule has 19 heavy (non-hydrogen) atoms. The number of unbranched alkanes of at least 4 members (excludes halogenated alkanes) is 1. The van der Waals surface area contributed by atoms with Gasteiger partial charge in [-0.05, 0) is 12.3 Å². The fraction of sp³-hybridized carbons (Fsp3) is 0.600. The highest BCUT2D eigenvalue weighted by Crippen LogP contribution is 2.28. The van der Waals surface area contributed by atoms with Crippen molar-refractivity contribution in [3.63, 3.8) is 0 Å². The average Bonchev–Trinajstić information content (AvgIpc) is 2.41. The maximum absolute atomic E-state index is 13.4. The van der Waals surface area contributed by atoms with E-state index in [0.717, 1.165) is 18.7 Å². The Bertz CT molecular complexity index is 396. The van der Waals surface area contributed by atoms with Crippen molar-refractivity contribution in [3.05, 3.63) is 17.9 Å². The van der Waals surface area contributed by atoms with Crippen LogP contribution in [0.1, 0.15) is 39.5 Å². The van der Waals surface area contributed by atoms with Crippen molar-refractivity contribution in [2.24, 2.45) is 5.92 Å². The Balaban J connectivity index is 2.65. The van der Waals surface area contributed by atoms with Crippen molar-refractivity contribution in [3.8, 4) is 5.75 Å². The molecular formula is C15H25FN2O. The number of nitrogens with one attached hydrogen (secondary N) is 1. The summed E-state index contributed by atoms with van der Waals surface area (Å²) in [4.78, 5) is 0. The molecule has 3 N–H and O–H groups in total. The van der Waals surface area contributed by atoms with E-state index in [1.165, 1.54) is 32.4 Å². The molecule has 4 heteroatoms. The number of rotatable bonds is 8. The Morgan fingerprint density at radius 2 is 2.11 bits per heavy atom. The van der Waals surface area contributed by atoms with Crippen LogP contribution in [0.25, 0.3) is 0 Å². The topological polar surface area (TPSA) is 47.3 Å². The second-order valence-electron chi connectivity index (χ2n) is 4.87. The highest BCUT2D eigenvalue weighted by molar-refractivity contribution is 5.68. The molecule has 1 atom stereocenters. The predicted molar refractivity (Wildman–Crippen MR) is 79.2 cm³/mol. The minimum Gasteiger partial charge on any atom is -0.494 e. The summed E-state index contributed by atoms with van der Waals surface area (Å²) >= 11 is 0. The molecule has 0 radical (unpaired) electrons. The molecule has 0 aliphatic carbocycles. The summed E-state index contributed by atoms with van der Waals surface area (Å²) in [6, 6.07) is 2.92. The predicted octanol–water partition coefficient (Wildman–Crippen LogP) is 4.04. The van der Waals surface area contributed by atoms with E-state index in [1.54, 1.807) is 6.07 Å². The van der Waals surface area contributed by atoms with Gasteiger partial charge < -0.3 is 15.8 Å². The molecule has 0 aliphatic rings. The van der Waals surface area contributed by atoms with E-state index in [0.29, 0.717) is 11.6 Å². The van der Waals surface area contributed by atoms with Crippen molar-refractivity contribution >= 4 is 11.4 Å². The number of nitrogen functional groups attached to an aromatic ring is 1. The van der Waals surface area contributed by atoms with Crippen LogP contribution in [0.15, 0.2) is 12.1 Å². The molecule has 0 amide bonds. The van der Waals surface area contributed by atoms with Crippen LogP contribution >= 0.6 is 0 Å². The molecule has 108 valence electrons. The fourth-order valence-corrected chi connectivity index (χ4v) is 2.08. The normalized spacial score (nSPS) is 12.2. The molecule has 0 aliphatic heterocycles. The van der Waals surface area contributed by atoms with E-state index in [1.807, 2.05) is 0 Å². The van der Waals surface area contributed by atoms with Gasteiger partial charge in [0.15, 0.2) is 11.6 Å². The van der Waals surface area contributed by atoms with Gasteiger partial charge in [-0.15, -0.1) is 0 Å². The quantitative estimate of drug-likeness (QED) is 0.699. The van der Waals surface area contributed by atoms with Crippen molar-refractivity contribution < 1.29 is 9.13 Å². The summed E-state index contributed by atoms with van der Waals surface area (Å²) in [5, 5.41) is 3.30. The van der Waals surface area contributed by atoms with Gasteiger partial charge in [0.1, 0.15) is 0 Å². The van der Waals surface area contributed by atoms with Gasteiger partial charge in [0.25, 0.3) is 0 Å². The Morgan fingerprint density at radius 3 is 2.68 bits per heavy atom. The third-order valence-corrected chi connectivity index (χ3v) is 3.45. The summed E-state index contributed by atoms with van der Waals surface area (Å²) in [5.41, 5.74) is 6.98. The van der Waals surface area contributed by atoms with E-state index < -0.39 is 5.82 Å². The monoisotopic (exact) mass is 268 g/mol. The zero-order valence-corrected chi connectivity index (χ0v) is 12.1. The van der Waals surface area contributed by atoms with E-state index >= 15 is 0 Å². The molecule has 0 saturated heterocycles. The minimum absolute atomic E-state index is 0.221. The first-order valence-electron chi connectivity index (χ1n) is 6.99. The van der Waals surface area contributed by atoms with Crippen molar-refractivity contribution in [2.45, 2.75) is 39.5 Å². The van der Waals surface area contributed by atoms with Gasteiger partial charge in [0.2, 0.25) is 0 Å². The standard InChI is InChI=1S/C15H25FN2O/c1-4-6-7-11(5-2)10-18-14-9-15(19-3)12(16)8-13(14)17/h8-9,11,18H,4-7,10,17H2,1-3H3. The number of methoxy groups -OCH3 is 1. The van der Waals surface area contributed by atoms with Gasteiger partial charge in [-0.2, -0.15) is 0 Å². The maximum Gasteiger partial charge on any atom is 0.167 e. The molecule has 0 heterocycles. The molecule has 1 aromatic carbocycles. The van der Waals surface area contributed by atoms with Gasteiger partial charge in [0.05, 0.1) is 18.5 Å². The van der Waals surface area contributed by atoms with Crippen LogP contribution < -0.4 is 15.8 Å². The molecular weight excluding hydrogens is 243 g/mol. The van der Waals surface area contributed by atoms with Gasteiger partial charge in [-0.3, -0.25) is 0 Å². The molecule has 0 bridgehead atoms. The number of hydrogen-bond donors (Lipinski definition) is 2. The lowest BCUT2D eigenvalue weighted by molar-refractivity contribution is 0.387. The first kappa shape index (κ1) is 15.6. The van der Waals surface area contributed by atoms with E-state index in [9.17, 15) is 4.39 Å². The second kappa shape index (κ2) is 7.87. The lowest BCUT2D eigenvalue weighted by Gasteiger charge is -2.18. The first-order valence-corrected chi connectivity index (χ1v) is 6.99. The zero-order valence-electron chi connectivity index (χ0n) is 12.1. The maximum atomic E-state index is 13.4. The fourth-order valence-electron chi connectivity index (χ4n) is 2.08. The number of nitrogens with two attached hydrogens (primary N) is 1. The van der Waals surface area contributed by atoms with Gasteiger partial charge in [-0.1, -0.05) is 33.1 Å². The molecule has 0 spiro atoms. The van der Waals surface area contributed by atoms with Crippen molar-refractivity contribution in [1.82, 2.24) is 0 Å². The van der Waals surface area contributed by atoms with Gasteiger partial charge in [0, 0.05) is 18.7 Å². The molecule has 1 aromatic rings. The molecule has 1 rings (SSSR count). The highest BCUT2D eigenvalue weighted by atomic mass is 19.1. The Morgan fingerprint density at radius 1 is 1.37 bits per heavy atom. The Labute approximate surface area is 115 Å². The van der Waals surface area contributed by atoms with E-state index in [-0.39, 0.29) is 5.75 Å². The average molecular weight is 268 g/mol. The number of ether oxygens (including phenoxy) is 1. The van der Waals surface area contributed by atoms with Crippen LogP contribution in [0.3, 0.4) is 0 Å². The third kappa shape index (κ3) is 4.62. The SMILES string of the molecule is CCCCC(CC)CNc1cc(OC)c(F)cc1N. The van der Waals surface area contributed by atoms with Crippen LogP contribution in [0, 0.1) is 11.7 Å². The molecule has 0 fully saturated rings. The van der Waals surface area contributed by atoms with Crippen molar-refractivity contribution in [2.75, 3.05) is 24.7 Å². The number of anilines is 2. The van der Waals surface area contributed by atoms with Crippen molar-refractivity contribution in [1.29, 1.82) is 0 Å². The summed E-state index contributed by atoms with van der Waals surface area (Å²) in [5.74, 6) is 0.414. The molecule has 3 nitrogen and oxygen atoms in total. The first-order chi connectivity index (χ1) is 9.12. The van der Waals surface area contributed by atoms with Gasteiger partial charge in [-0.25, -0.2) is 4.39 Å². The Kier molecular flexibility index (Phi) is 6.46. The summed E-state index contributed by atoms with van der Waals surface area (Å²) in [7, 11) is 1.45. The highest BCUT2D eigenvalue weighted by Gasteiger charge is 2.10. The summed E-state index contributed by atoms with van der Waals surface area (Å²) in [6.45, 7) is 5.25. The zero-order chi connectivity index (χ0) is 14.3. The minimum atomic E-state index is -0.427. The summed E-state index contributed by atoms with van der Waals surface area (Å²) < 4.78 is 18.4. The molecule has 1 unspecified atom stereocenters. The lowest BCUT2D eigenvalue weighted by Crippen LogP contribution is -2.14. The van der Waals surface area contributed by atoms with Gasteiger partial charge >= 0.3 is 0 Å².